The second-order valence-corrected chi connectivity index (χ2v) is 11.3. The van der Waals surface area contributed by atoms with Gasteiger partial charge in [-0.25, -0.2) is 8.42 Å². The molecule has 0 atom stereocenters. The van der Waals surface area contributed by atoms with Gasteiger partial charge in [0.2, 0.25) is 10.0 Å². The van der Waals surface area contributed by atoms with Crippen LogP contribution in [-0.2, 0) is 28.7 Å². The van der Waals surface area contributed by atoms with Gasteiger partial charge < -0.3 is 5.32 Å². The van der Waals surface area contributed by atoms with Crippen LogP contribution < -0.4 is 5.32 Å². The number of nitrogens with zero attached hydrogens (tertiary/aromatic N) is 3. The first kappa shape index (κ1) is 25.3. The van der Waals surface area contributed by atoms with E-state index in [2.05, 4.69) is 10.3 Å². The first-order valence-corrected chi connectivity index (χ1v) is 13.7. The van der Waals surface area contributed by atoms with Crippen molar-refractivity contribution in [1.82, 2.24) is 14.6 Å². The zero-order valence-corrected chi connectivity index (χ0v) is 21.4. The van der Waals surface area contributed by atoms with Gasteiger partial charge in [-0.15, -0.1) is 0 Å². The Hall–Kier alpha value is -4.32. The second kappa shape index (κ2) is 10.6. The van der Waals surface area contributed by atoms with Gasteiger partial charge in [0.25, 0.3) is 5.91 Å². The largest absolute Gasteiger partial charge is 0.343 e. The maximum atomic E-state index is 13.6. The average Bonchev–Trinajstić information content (AvgIpc) is 3.74. The summed E-state index contributed by atoms with van der Waals surface area (Å²) >= 11 is 0. The summed E-state index contributed by atoms with van der Waals surface area (Å²) in [6.07, 6.45) is 5.07. The van der Waals surface area contributed by atoms with Gasteiger partial charge in [-0.2, -0.15) is 9.57 Å². The van der Waals surface area contributed by atoms with E-state index in [1.54, 1.807) is 42.7 Å². The van der Waals surface area contributed by atoms with E-state index < -0.39 is 10.0 Å². The Bertz CT molecular complexity index is 1560. The molecule has 190 valence electrons. The summed E-state index contributed by atoms with van der Waals surface area (Å²) in [5.41, 5.74) is 3.18. The number of pyridine rings is 1. The van der Waals surface area contributed by atoms with E-state index in [1.807, 2.05) is 42.5 Å². The lowest BCUT2D eigenvalue weighted by Crippen LogP contribution is -2.34. The number of carbonyl (C=O) groups excluding carboxylic acids is 1. The zero-order valence-electron chi connectivity index (χ0n) is 20.6. The Kier molecular flexibility index (Phi) is 7.05. The van der Waals surface area contributed by atoms with Gasteiger partial charge >= 0.3 is 0 Å². The predicted molar refractivity (Wildman–Crippen MR) is 143 cm³/mol. The van der Waals surface area contributed by atoms with Gasteiger partial charge in [0.15, 0.2) is 0 Å². The Morgan fingerprint density at radius 1 is 0.895 bits per heavy atom. The lowest BCUT2D eigenvalue weighted by molar-refractivity contribution is 0.0930. The van der Waals surface area contributed by atoms with Crippen molar-refractivity contribution in [3.8, 4) is 6.07 Å². The molecule has 5 rings (SSSR count). The molecule has 4 aromatic rings. The highest BCUT2D eigenvalue weighted by Gasteiger charge is 2.45. The first-order chi connectivity index (χ1) is 18.4. The van der Waals surface area contributed by atoms with Crippen LogP contribution in [0.5, 0.6) is 0 Å². The molecule has 1 amide bonds. The van der Waals surface area contributed by atoms with E-state index in [-0.39, 0.29) is 29.4 Å². The number of amides is 1. The van der Waals surface area contributed by atoms with E-state index in [4.69, 9.17) is 5.26 Å². The summed E-state index contributed by atoms with van der Waals surface area (Å²) in [6.45, 7) is 0.227. The van der Waals surface area contributed by atoms with Crippen LogP contribution in [0.1, 0.15) is 45.5 Å². The maximum Gasteiger partial charge on any atom is 0.251 e. The third-order valence-corrected chi connectivity index (χ3v) is 8.51. The number of benzene rings is 3. The number of nitriles is 1. The number of hydrogen-bond acceptors (Lipinski definition) is 5. The van der Waals surface area contributed by atoms with Crippen LogP contribution in [0.3, 0.4) is 0 Å². The molecule has 1 aliphatic rings. The minimum Gasteiger partial charge on any atom is -0.343 e. The summed E-state index contributed by atoms with van der Waals surface area (Å²) in [5, 5.41) is 12.2. The van der Waals surface area contributed by atoms with Gasteiger partial charge in [0.05, 0.1) is 22.1 Å². The molecular formula is C30H26N4O3S. The van der Waals surface area contributed by atoms with Crippen LogP contribution in [-0.4, -0.2) is 23.6 Å². The van der Waals surface area contributed by atoms with E-state index in [1.165, 1.54) is 28.6 Å². The maximum absolute atomic E-state index is 13.6. The fraction of sp³-hybridized carbons (Fsp3) is 0.167. The van der Waals surface area contributed by atoms with E-state index in [9.17, 15) is 13.2 Å². The number of rotatable bonds is 9. The Morgan fingerprint density at radius 2 is 1.58 bits per heavy atom. The van der Waals surface area contributed by atoms with E-state index in [0.29, 0.717) is 11.1 Å². The molecule has 38 heavy (non-hydrogen) atoms. The summed E-state index contributed by atoms with van der Waals surface area (Å²) in [6, 6.07) is 28.4. The molecule has 0 radical (unpaired) electrons. The zero-order chi connectivity index (χ0) is 26.6. The highest BCUT2D eigenvalue weighted by atomic mass is 32.2. The minimum atomic E-state index is -3.88. The van der Waals surface area contributed by atoms with Crippen molar-refractivity contribution in [2.24, 2.45) is 0 Å². The van der Waals surface area contributed by atoms with Crippen molar-refractivity contribution >= 4 is 15.9 Å². The smallest absolute Gasteiger partial charge is 0.251 e. The molecule has 1 heterocycles. The lowest BCUT2D eigenvalue weighted by atomic mass is 10.0. The Morgan fingerprint density at radius 3 is 2.18 bits per heavy atom. The monoisotopic (exact) mass is 522 g/mol. The Balaban J connectivity index is 1.35. The molecule has 1 saturated carbocycles. The highest BCUT2D eigenvalue weighted by molar-refractivity contribution is 7.89. The highest BCUT2D eigenvalue weighted by Crippen LogP contribution is 2.45. The first-order valence-electron chi connectivity index (χ1n) is 12.3. The van der Waals surface area contributed by atoms with Crippen LogP contribution in [0.4, 0.5) is 0 Å². The predicted octanol–water partition coefficient (Wildman–Crippen LogP) is 4.76. The fourth-order valence-corrected chi connectivity index (χ4v) is 5.81. The molecule has 1 aromatic heterocycles. The number of nitrogens with one attached hydrogen (secondary N) is 1. The molecule has 0 aliphatic heterocycles. The van der Waals surface area contributed by atoms with E-state index >= 15 is 0 Å². The summed E-state index contributed by atoms with van der Waals surface area (Å²) < 4.78 is 28.5. The summed E-state index contributed by atoms with van der Waals surface area (Å²) in [7, 11) is -3.88. The third-order valence-electron chi connectivity index (χ3n) is 6.71. The van der Waals surface area contributed by atoms with Crippen molar-refractivity contribution in [3.05, 3.63) is 131 Å². The number of hydrogen-bond donors (Lipinski definition) is 1. The van der Waals surface area contributed by atoms with Gasteiger partial charge in [-0.05, 0) is 72.0 Å². The van der Waals surface area contributed by atoms with Crippen LogP contribution in [0, 0.1) is 11.3 Å². The van der Waals surface area contributed by atoms with Gasteiger partial charge in [0.1, 0.15) is 0 Å². The summed E-state index contributed by atoms with van der Waals surface area (Å²) in [4.78, 5) is 17.2. The topological polar surface area (TPSA) is 103 Å². The van der Waals surface area contributed by atoms with E-state index in [0.717, 1.165) is 29.5 Å². The molecule has 1 aliphatic carbocycles. The Labute approximate surface area is 222 Å². The third kappa shape index (κ3) is 5.49. The van der Waals surface area contributed by atoms with Gasteiger partial charge in [-0.3, -0.25) is 9.78 Å². The second-order valence-electron chi connectivity index (χ2n) is 9.37. The number of sulfonamides is 1. The molecule has 0 spiro atoms. The molecular weight excluding hydrogens is 496 g/mol. The number of carbonyl (C=O) groups is 1. The van der Waals surface area contributed by atoms with Crippen molar-refractivity contribution in [2.75, 3.05) is 0 Å². The van der Waals surface area contributed by atoms with Gasteiger partial charge in [-0.1, -0.05) is 48.5 Å². The molecule has 0 saturated heterocycles. The minimum absolute atomic E-state index is 0.104. The fourth-order valence-electron chi connectivity index (χ4n) is 4.39. The van der Waals surface area contributed by atoms with Crippen LogP contribution in [0.25, 0.3) is 0 Å². The molecule has 0 bridgehead atoms. The van der Waals surface area contributed by atoms with Crippen LogP contribution >= 0.6 is 0 Å². The van der Waals surface area contributed by atoms with Gasteiger partial charge in [0, 0.05) is 31.0 Å². The average molecular weight is 523 g/mol. The van der Waals surface area contributed by atoms with Crippen molar-refractivity contribution in [3.63, 3.8) is 0 Å². The molecule has 3 aromatic carbocycles. The molecule has 7 nitrogen and oxygen atoms in total. The normalized spacial score (nSPS) is 14.0. The van der Waals surface area contributed by atoms with Crippen molar-refractivity contribution in [1.29, 1.82) is 5.26 Å². The standard InChI is InChI=1S/C30H26N4O3S/c31-19-23-10-14-28(15-11-23)38(36,37)34(22-25-5-4-18-32-20-25)21-24-8-12-26(13-9-24)29(35)33-30(16-17-30)27-6-2-1-3-7-27/h1-15,18,20H,16-17,21-22H2,(H,33,35). The van der Waals surface area contributed by atoms with Crippen molar-refractivity contribution < 1.29 is 13.2 Å². The van der Waals surface area contributed by atoms with Crippen LogP contribution in [0.2, 0.25) is 0 Å². The molecule has 8 heteroatoms. The van der Waals surface area contributed by atoms with Crippen molar-refractivity contribution in [2.45, 2.75) is 36.4 Å². The van der Waals surface area contributed by atoms with Crippen LogP contribution in [0.15, 0.2) is 108 Å². The SMILES string of the molecule is N#Cc1ccc(S(=O)(=O)N(Cc2ccc(C(=O)NC3(c4ccccc4)CC3)cc2)Cc2cccnc2)cc1. The molecule has 1 fully saturated rings. The lowest BCUT2D eigenvalue weighted by Gasteiger charge is -2.23. The quantitative estimate of drug-likeness (QED) is 0.341. The number of aromatic nitrogens is 1. The molecule has 0 unspecified atom stereocenters. The summed E-state index contributed by atoms with van der Waals surface area (Å²) in [5.74, 6) is -0.157. The molecule has 1 N–H and O–H groups in total.